The summed E-state index contributed by atoms with van der Waals surface area (Å²) in [5.74, 6) is 0.714. The van der Waals surface area contributed by atoms with Crippen molar-refractivity contribution in [3.63, 3.8) is 0 Å². The molecule has 1 aliphatic heterocycles. The molecule has 7 nitrogen and oxygen atoms in total. The first-order valence-corrected chi connectivity index (χ1v) is 8.84. The zero-order valence-electron chi connectivity index (χ0n) is 15.2. The second-order valence-corrected chi connectivity index (χ2v) is 6.36. The van der Waals surface area contributed by atoms with E-state index in [-0.39, 0.29) is 18.0 Å². The van der Waals surface area contributed by atoms with Crippen molar-refractivity contribution in [1.29, 1.82) is 0 Å². The molecule has 1 amide bonds. The highest BCUT2D eigenvalue weighted by atomic mass is 16.5. The number of amides is 1. The number of benzene rings is 1. The molecule has 1 fully saturated rings. The van der Waals surface area contributed by atoms with E-state index in [1.807, 2.05) is 38.2 Å². The highest BCUT2D eigenvalue weighted by Gasteiger charge is 2.20. The van der Waals surface area contributed by atoms with Gasteiger partial charge in [0, 0.05) is 37.8 Å². The van der Waals surface area contributed by atoms with E-state index in [4.69, 9.17) is 4.74 Å². The van der Waals surface area contributed by atoms with Crippen molar-refractivity contribution >= 4 is 5.91 Å². The van der Waals surface area contributed by atoms with Gasteiger partial charge in [-0.2, -0.15) is 5.10 Å². The largest absolute Gasteiger partial charge is 0.494 e. The van der Waals surface area contributed by atoms with Gasteiger partial charge >= 0.3 is 0 Å². The van der Waals surface area contributed by atoms with E-state index in [9.17, 15) is 9.59 Å². The fourth-order valence-corrected chi connectivity index (χ4v) is 2.89. The Hall–Kier alpha value is -2.67. The number of rotatable bonds is 5. The maximum absolute atomic E-state index is 12.5. The molecular formula is C19H24N4O3. The number of nitrogens with zero attached hydrogens (tertiary/aromatic N) is 4. The number of hydrogen-bond donors (Lipinski definition) is 0. The van der Waals surface area contributed by atoms with E-state index in [0.717, 1.165) is 24.4 Å². The summed E-state index contributed by atoms with van der Waals surface area (Å²) >= 11 is 0. The minimum atomic E-state index is -0.276. The van der Waals surface area contributed by atoms with Gasteiger partial charge in [-0.25, -0.2) is 4.68 Å². The first-order chi connectivity index (χ1) is 12.6. The van der Waals surface area contributed by atoms with Crippen molar-refractivity contribution in [3.05, 3.63) is 46.8 Å². The summed E-state index contributed by atoms with van der Waals surface area (Å²) in [6, 6.07) is 10.6. The molecule has 1 aromatic carbocycles. The molecule has 1 aromatic heterocycles. The molecule has 1 aliphatic rings. The summed E-state index contributed by atoms with van der Waals surface area (Å²) in [6.07, 6.45) is 0. The lowest BCUT2D eigenvalue weighted by Crippen LogP contribution is -2.48. The van der Waals surface area contributed by atoms with Gasteiger partial charge < -0.3 is 14.5 Å². The maximum Gasteiger partial charge on any atom is 0.267 e. The van der Waals surface area contributed by atoms with Crippen molar-refractivity contribution in [1.82, 2.24) is 19.6 Å². The summed E-state index contributed by atoms with van der Waals surface area (Å²) < 4.78 is 6.68. The Morgan fingerprint density at radius 2 is 1.77 bits per heavy atom. The fraction of sp³-hybridized carbons (Fsp3) is 0.421. The average molecular weight is 356 g/mol. The molecule has 7 heteroatoms. The molecule has 0 aliphatic carbocycles. The Bertz CT molecular complexity index is 808. The highest BCUT2D eigenvalue weighted by molar-refractivity contribution is 5.76. The van der Waals surface area contributed by atoms with Gasteiger partial charge in [0.1, 0.15) is 12.3 Å². The Balaban J connectivity index is 1.75. The minimum absolute atomic E-state index is 0.0343. The monoisotopic (exact) mass is 356 g/mol. The molecule has 26 heavy (non-hydrogen) atoms. The van der Waals surface area contributed by atoms with Gasteiger partial charge in [0.15, 0.2) is 0 Å². The number of carbonyl (C=O) groups excluding carboxylic acids is 1. The first-order valence-electron chi connectivity index (χ1n) is 8.84. The Kier molecular flexibility index (Phi) is 5.68. The molecule has 0 radical (unpaired) electrons. The molecule has 0 unspecified atom stereocenters. The van der Waals surface area contributed by atoms with Crippen LogP contribution in [0.25, 0.3) is 11.3 Å². The zero-order valence-corrected chi connectivity index (χ0v) is 15.2. The minimum Gasteiger partial charge on any atom is -0.494 e. The summed E-state index contributed by atoms with van der Waals surface area (Å²) in [7, 11) is 2.04. The molecule has 138 valence electrons. The lowest BCUT2D eigenvalue weighted by molar-refractivity contribution is -0.133. The number of piperazine rings is 1. The number of carbonyl (C=O) groups is 1. The molecular weight excluding hydrogens is 332 g/mol. The Morgan fingerprint density at radius 1 is 1.08 bits per heavy atom. The van der Waals surface area contributed by atoms with Crippen LogP contribution in [-0.4, -0.2) is 65.3 Å². The molecule has 1 saturated heterocycles. The van der Waals surface area contributed by atoms with Gasteiger partial charge in [0.05, 0.1) is 12.3 Å². The van der Waals surface area contributed by atoms with Crippen molar-refractivity contribution in [2.45, 2.75) is 13.5 Å². The predicted molar refractivity (Wildman–Crippen MR) is 99.2 cm³/mol. The van der Waals surface area contributed by atoms with E-state index >= 15 is 0 Å². The molecule has 0 atom stereocenters. The first kappa shape index (κ1) is 18.1. The smallest absolute Gasteiger partial charge is 0.267 e. The standard InChI is InChI=1S/C19H24N4O3/c1-3-26-16-6-4-15(5-7-16)17-8-9-18(24)23(20-17)14-19(25)22-12-10-21(2)11-13-22/h4-9H,3,10-14H2,1-2H3. The zero-order chi connectivity index (χ0) is 18.5. The lowest BCUT2D eigenvalue weighted by Gasteiger charge is -2.32. The van der Waals surface area contributed by atoms with Crippen LogP contribution in [0.2, 0.25) is 0 Å². The SMILES string of the molecule is CCOc1ccc(-c2ccc(=O)n(CC(=O)N3CCN(C)CC3)n2)cc1. The number of aromatic nitrogens is 2. The van der Waals surface area contributed by atoms with Crippen LogP contribution in [0, 0.1) is 0 Å². The maximum atomic E-state index is 12.5. The molecule has 0 bridgehead atoms. The number of likely N-dealkylation sites (N-methyl/N-ethyl adjacent to an activating group) is 1. The third-order valence-corrected chi connectivity index (χ3v) is 4.47. The van der Waals surface area contributed by atoms with Crippen molar-refractivity contribution in [2.24, 2.45) is 0 Å². The third kappa shape index (κ3) is 4.29. The van der Waals surface area contributed by atoms with Crippen molar-refractivity contribution in [3.8, 4) is 17.0 Å². The van der Waals surface area contributed by atoms with Crippen LogP contribution in [-0.2, 0) is 11.3 Å². The van der Waals surface area contributed by atoms with Crippen LogP contribution in [0.1, 0.15) is 6.92 Å². The average Bonchev–Trinajstić information content (AvgIpc) is 2.65. The molecule has 0 saturated carbocycles. The summed E-state index contributed by atoms with van der Waals surface area (Å²) in [6.45, 7) is 5.57. The van der Waals surface area contributed by atoms with Crippen LogP contribution in [0.5, 0.6) is 5.75 Å². The van der Waals surface area contributed by atoms with Gasteiger partial charge in [-0.3, -0.25) is 9.59 Å². The molecule has 0 spiro atoms. The van der Waals surface area contributed by atoms with E-state index in [2.05, 4.69) is 10.00 Å². The van der Waals surface area contributed by atoms with Crippen LogP contribution < -0.4 is 10.3 Å². The second-order valence-electron chi connectivity index (χ2n) is 6.36. The third-order valence-electron chi connectivity index (χ3n) is 4.47. The van der Waals surface area contributed by atoms with Crippen LogP contribution in [0.3, 0.4) is 0 Å². The van der Waals surface area contributed by atoms with Gasteiger partial charge in [0.2, 0.25) is 5.91 Å². The van der Waals surface area contributed by atoms with Crippen molar-refractivity contribution in [2.75, 3.05) is 39.8 Å². The predicted octanol–water partition coefficient (Wildman–Crippen LogP) is 1.08. The second kappa shape index (κ2) is 8.14. The molecule has 2 heterocycles. The van der Waals surface area contributed by atoms with Crippen LogP contribution in [0.4, 0.5) is 0 Å². The quantitative estimate of drug-likeness (QED) is 0.802. The fourth-order valence-electron chi connectivity index (χ4n) is 2.89. The Morgan fingerprint density at radius 3 is 2.42 bits per heavy atom. The normalized spacial score (nSPS) is 15.1. The van der Waals surface area contributed by atoms with E-state index < -0.39 is 0 Å². The molecule has 0 N–H and O–H groups in total. The van der Waals surface area contributed by atoms with E-state index in [0.29, 0.717) is 25.4 Å². The van der Waals surface area contributed by atoms with E-state index in [1.165, 1.54) is 10.7 Å². The van der Waals surface area contributed by atoms with Gasteiger partial charge in [-0.15, -0.1) is 0 Å². The molecule has 3 rings (SSSR count). The summed E-state index contributed by atoms with van der Waals surface area (Å²) in [5, 5.41) is 4.37. The van der Waals surface area contributed by atoms with Crippen molar-refractivity contribution < 1.29 is 9.53 Å². The summed E-state index contributed by atoms with van der Waals surface area (Å²) in [4.78, 5) is 28.6. The lowest BCUT2D eigenvalue weighted by atomic mass is 10.1. The van der Waals surface area contributed by atoms with Gasteiger partial charge in [0.25, 0.3) is 5.56 Å². The molecule has 2 aromatic rings. The number of hydrogen-bond acceptors (Lipinski definition) is 5. The van der Waals surface area contributed by atoms with E-state index in [1.54, 1.807) is 11.0 Å². The summed E-state index contributed by atoms with van der Waals surface area (Å²) in [5.41, 5.74) is 1.25. The highest BCUT2D eigenvalue weighted by Crippen LogP contribution is 2.19. The van der Waals surface area contributed by atoms with Crippen LogP contribution >= 0.6 is 0 Å². The van der Waals surface area contributed by atoms with Gasteiger partial charge in [-0.05, 0) is 44.3 Å². The van der Waals surface area contributed by atoms with Crippen LogP contribution in [0.15, 0.2) is 41.2 Å². The van der Waals surface area contributed by atoms with Gasteiger partial charge in [-0.1, -0.05) is 0 Å². The topological polar surface area (TPSA) is 67.7 Å². The Labute approximate surface area is 152 Å². The number of ether oxygens (including phenoxy) is 1.